The summed E-state index contributed by atoms with van der Waals surface area (Å²) in [6, 6.07) is 11.6. The summed E-state index contributed by atoms with van der Waals surface area (Å²) in [7, 11) is 0. The van der Waals surface area contributed by atoms with Gasteiger partial charge in [-0.1, -0.05) is 19.1 Å². The molecule has 0 bridgehead atoms. The Balaban J connectivity index is 1.52. The van der Waals surface area contributed by atoms with Gasteiger partial charge in [0.05, 0.1) is 28.0 Å². The number of halogens is 1. The Morgan fingerprint density at radius 2 is 1.94 bits per heavy atom. The first kappa shape index (κ1) is 25.8. The summed E-state index contributed by atoms with van der Waals surface area (Å²) < 4.78 is 18.6. The largest absolute Gasteiger partial charge is 0.490 e. The highest BCUT2D eigenvalue weighted by Gasteiger charge is 2.18. The molecule has 1 heterocycles. The molecule has 1 fully saturated rings. The van der Waals surface area contributed by atoms with Crippen LogP contribution in [0.25, 0.3) is 0 Å². The molecule has 2 aromatic rings. The zero-order valence-corrected chi connectivity index (χ0v) is 22.2. The fourth-order valence-corrected chi connectivity index (χ4v) is 6.37. The maximum atomic E-state index is 12.1. The van der Waals surface area contributed by atoms with Gasteiger partial charge in [-0.15, -0.1) is 23.5 Å². The van der Waals surface area contributed by atoms with Crippen molar-refractivity contribution in [2.75, 3.05) is 24.7 Å². The molecule has 0 saturated carbocycles. The zero-order chi connectivity index (χ0) is 23.6. The smallest absolute Gasteiger partial charge is 0.277 e. The Labute approximate surface area is 212 Å². The van der Waals surface area contributed by atoms with Crippen molar-refractivity contribution >= 4 is 51.6 Å². The van der Waals surface area contributed by atoms with Gasteiger partial charge in [-0.2, -0.15) is 5.10 Å². The molecule has 1 aliphatic heterocycles. The van der Waals surface area contributed by atoms with Gasteiger partial charge in [0.25, 0.3) is 5.91 Å². The van der Waals surface area contributed by atoms with E-state index in [1.165, 1.54) is 17.1 Å². The van der Waals surface area contributed by atoms with Crippen molar-refractivity contribution in [2.24, 2.45) is 5.10 Å². The molecule has 1 atom stereocenters. The van der Waals surface area contributed by atoms with Gasteiger partial charge in [-0.3, -0.25) is 4.79 Å². The Morgan fingerprint density at radius 1 is 1.21 bits per heavy atom. The van der Waals surface area contributed by atoms with E-state index < -0.39 is 0 Å². The quantitative estimate of drug-likeness (QED) is 0.271. The molecule has 3 rings (SSSR count). The minimum atomic E-state index is -0.335. The van der Waals surface area contributed by atoms with E-state index in [1.807, 2.05) is 61.6 Å². The first-order chi connectivity index (χ1) is 16.0. The van der Waals surface area contributed by atoms with Gasteiger partial charge in [-0.05, 0) is 71.6 Å². The highest BCUT2D eigenvalue weighted by atomic mass is 79.9. The molecule has 0 aromatic heterocycles. The van der Waals surface area contributed by atoms with Gasteiger partial charge < -0.3 is 14.2 Å². The number of hydrogen-bond acceptors (Lipinski definition) is 7. The number of nitrogens with one attached hydrogen (secondary N) is 1. The van der Waals surface area contributed by atoms with Crippen molar-refractivity contribution in [1.82, 2.24) is 5.43 Å². The monoisotopic (exact) mass is 552 g/mol. The number of carbonyl (C=O) groups excluding carboxylic acids is 1. The van der Waals surface area contributed by atoms with E-state index in [0.717, 1.165) is 16.5 Å². The molecule has 2 aromatic carbocycles. The van der Waals surface area contributed by atoms with Crippen LogP contribution >= 0.6 is 39.5 Å². The summed E-state index contributed by atoms with van der Waals surface area (Å²) >= 11 is 7.47. The molecular weight excluding hydrogens is 524 g/mol. The molecule has 1 N–H and O–H groups in total. The average Bonchev–Trinajstić information content (AvgIpc) is 3.35. The van der Waals surface area contributed by atoms with Gasteiger partial charge >= 0.3 is 0 Å². The second-order valence-corrected chi connectivity index (χ2v) is 10.9. The molecule has 1 amide bonds. The molecule has 178 valence electrons. The molecule has 33 heavy (non-hydrogen) atoms. The predicted molar refractivity (Wildman–Crippen MR) is 141 cm³/mol. The Morgan fingerprint density at radius 3 is 2.61 bits per heavy atom. The van der Waals surface area contributed by atoms with E-state index in [9.17, 15) is 4.79 Å². The molecular formula is C24H29BrN2O4S2. The van der Waals surface area contributed by atoms with Crippen LogP contribution in [0.4, 0.5) is 0 Å². The van der Waals surface area contributed by atoms with E-state index in [0.29, 0.717) is 28.4 Å². The number of hydrazone groups is 1. The zero-order valence-electron chi connectivity index (χ0n) is 19.0. The first-order valence-electron chi connectivity index (χ1n) is 10.9. The summed E-state index contributed by atoms with van der Waals surface area (Å²) in [4.78, 5) is 12.1. The molecule has 9 heteroatoms. The van der Waals surface area contributed by atoms with Crippen molar-refractivity contribution in [3.8, 4) is 17.2 Å². The fraction of sp³-hybridized carbons (Fsp3) is 0.417. The third kappa shape index (κ3) is 7.86. The number of hydrogen-bond donors (Lipinski definition) is 1. The number of rotatable bonds is 11. The fourth-order valence-electron chi connectivity index (χ4n) is 2.96. The maximum Gasteiger partial charge on any atom is 0.277 e. The number of thioether (sulfide) groups is 2. The number of carbonyl (C=O) groups is 1. The van der Waals surface area contributed by atoms with Gasteiger partial charge in [0.2, 0.25) is 0 Å². The summed E-state index contributed by atoms with van der Waals surface area (Å²) in [5.74, 6) is 3.99. The number of nitrogens with zero attached hydrogens (tertiary/aromatic N) is 1. The van der Waals surface area contributed by atoms with E-state index in [-0.39, 0.29) is 18.6 Å². The van der Waals surface area contributed by atoms with E-state index in [2.05, 4.69) is 45.5 Å². The number of amides is 1. The van der Waals surface area contributed by atoms with Gasteiger partial charge in [0.1, 0.15) is 5.75 Å². The summed E-state index contributed by atoms with van der Waals surface area (Å²) in [6.07, 6.45) is 2.51. The van der Waals surface area contributed by atoms with Crippen molar-refractivity contribution in [1.29, 1.82) is 0 Å². The minimum absolute atomic E-state index is 0.0657. The van der Waals surface area contributed by atoms with Crippen molar-refractivity contribution < 1.29 is 19.0 Å². The summed E-state index contributed by atoms with van der Waals surface area (Å²) in [6.45, 7) is 6.39. The Hall–Kier alpha value is -1.84. The molecule has 1 saturated heterocycles. The standard InChI is InChI=1S/C24H29BrN2O4S2/c1-4-16(3)31-23-20(25)12-17(13-21(23)29-5-2)14-26-27-22(28)15-30-19-8-6-18(7-9-19)24-32-10-11-33-24/h6-9,12-14,16,24H,4-5,10-11,15H2,1-3H3,(H,27,28)/b26-14-/t16-/m0/s1. The van der Waals surface area contributed by atoms with Crippen LogP contribution < -0.4 is 19.6 Å². The van der Waals surface area contributed by atoms with E-state index >= 15 is 0 Å². The van der Waals surface area contributed by atoms with Crippen molar-refractivity contribution in [3.63, 3.8) is 0 Å². The van der Waals surface area contributed by atoms with Crippen LogP contribution in [0, 0.1) is 0 Å². The summed E-state index contributed by atoms with van der Waals surface area (Å²) in [5, 5.41) is 4.04. The molecule has 0 spiro atoms. The van der Waals surface area contributed by atoms with E-state index in [4.69, 9.17) is 14.2 Å². The lowest BCUT2D eigenvalue weighted by Gasteiger charge is -2.18. The third-order valence-electron chi connectivity index (χ3n) is 4.77. The van der Waals surface area contributed by atoms with Crippen LogP contribution in [0.2, 0.25) is 0 Å². The Bertz CT molecular complexity index is 950. The van der Waals surface area contributed by atoms with Crippen LogP contribution in [0.5, 0.6) is 17.2 Å². The normalized spacial score (nSPS) is 14.9. The first-order valence-corrected chi connectivity index (χ1v) is 13.8. The minimum Gasteiger partial charge on any atom is -0.490 e. The highest BCUT2D eigenvalue weighted by molar-refractivity contribution is 9.10. The number of benzene rings is 2. The van der Waals surface area contributed by atoms with Crippen molar-refractivity contribution in [3.05, 3.63) is 52.0 Å². The molecule has 6 nitrogen and oxygen atoms in total. The van der Waals surface area contributed by atoms with Crippen LogP contribution in [0.15, 0.2) is 46.0 Å². The molecule has 0 aliphatic carbocycles. The second kappa shape index (κ2) is 13.2. The summed E-state index contributed by atoms with van der Waals surface area (Å²) in [5.41, 5.74) is 4.54. The lowest BCUT2D eigenvalue weighted by atomic mass is 10.2. The van der Waals surface area contributed by atoms with Gasteiger partial charge in [-0.25, -0.2) is 5.43 Å². The third-order valence-corrected chi connectivity index (χ3v) is 8.47. The predicted octanol–water partition coefficient (Wildman–Crippen LogP) is 6.03. The molecule has 0 radical (unpaired) electrons. The van der Waals surface area contributed by atoms with Gasteiger partial charge in [0.15, 0.2) is 18.1 Å². The van der Waals surface area contributed by atoms with Crippen LogP contribution in [-0.4, -0.2) is 42.9 Å². The lowest BCUT2D eigenvalue weighted by Crippen LogP contribution is -2.24. The number of ether oxygens (including phenoxy) is 3. The molecule has 0 unspecified atom stereocenters. The second-order valence-electron chi connectivity index (χ2n) is 7.32. The highest BCUT2D eigenvalue weighted by Crippen LogP contribution is 2.45. The lowest BCUT2D eigenvalue weighted by molar-refractivity contribution is -0.123. The van der Waals surface area contributed by atoms with Crippen molar-refractivity contribution in [2.45, 2.75) is 37.9 Å². The topological polar surface area (TPSA) is 69.2 Å². The Kier molecular flexibility index (Phi) is 10.3. The van der Waals surface area contributed by atoms with Gasteiger partial charge in [0, 0.05) is 11.5 Å². The molecule has 1 aliphatic rings. The maximum absolute atomic E-state index is 12.1. The van der Waals surface area contributed by atoms with E-state index in [1.54, 1.807) is 6.21 Å². The van der Waals surface area contributed by atoms with Crippen LogP contribution in [-0.2, 0) is 4.79 Å². The SMILES string of the molecule is CCOc1cc(/C=N\NC(=O)COc2ccc(C3SCCS3)cc2)cc(Br)c1O[C@@H](C)CC. The average molecular weight is 554 g/mol. The van der Waals surface area contributed by atoms with Crippen LogP contribution in [0.1, 0.15) is 42.9 Å². The van der Waals surface area contributed by atoms with Crippen LogP contribution in [0.3, 0.4) is 0 Å².